The first kappa shape index (κ1) is 19.2. The summed E-state index contributed by atoms with van der Waals surface area (Å²) in [6.07, 6.45) is 1.97. The van der Waals surface area contributed by atoms with E-state index in [0.717, 1.165) is 26.1 Å². The number of fused-ring (bicyclic) bond motifs is 3. The Labute approximate surface area is 174 Å². The highest BCUT2D eigenvalue weighted by molar-refractivity contribution is 5.95. The van der Waals surface area contributed by atoms with Gasteiger partial charge in [0.05, 0.1) is 0 Å². The van der Waals surface area contributed by atoms with E-state index >= 15 is 0 Å². The standard InChI is InChI=1S/C23H25FN2O4/c24-17-2-4-19(5-3-17)28-13-20-14-29-21-6-1-16(10-22(21)30-20)23(27)25-18-9-15-7-8-26(11-15)12-18/h1-6,10,15,18,20H,7-9,11-14H2,(H,25,27)/t15-,18-,20+/m0/s1. The lowest BCUT2D eigenvalue weighted by molar-refractivity contribution is 0.0533. The molecule has 3 heterocycles. The van der Waals surface area contributed by atoms with E-state index < -0.39 is 0 Å². The number of carbonyl (C=O) groups excluding carboxylic acids is 1. The second kappa shape index (κ2) is 8.14. The van der Waals surface area contributed by atoms with Crippen molar-refractivity contribution < 1.29 is 23.4 Å². The maximum absolute atomic E-state index is 13.0. The van der Waals surface area contributed by atoms with Gasteiger partial charge in [0.15, 0.2) is 17.6 Å². The topological polar surface area (TPSA) is 60.0 Å². The van der Waals surface area contributed by atoms with Gasteiger partial charge < -0.3 is 24.4 Å². The lowest BCUT2D eigenvalue weighted by Crippen LogP contribution is -2.47. The van der Waals surface area contributed by atoms with Crippen LogP contribution in [0.2, 0.25) is 0 Å². The van der Waals surface area contributed by atoms with Gasteiger partial charge in [0.25, 0.3) is 5.91 Å². The Morgan fingerprint density at radius 2 is 2.03 bits per heavy atom. The smallest absolute Gasteiger partial charge is 0.251 e. The predicted octanol–water partition coefficient (Wildman–Crippen LogP) is 2.87. The molecule has 0 saturated carbocycles. The fourth-order valence-electron chi connectivity index (χ4n) is 4.49. The number of piperidine rings is 1. The van der Waals surface area contributed by atoms with Crippen LogP contribution in [0.1, 0.15) is 23.2 Å². The molecule has 0 spiro atoms. The molecule has 4 atom stereocenters. The molecule has 1 amide bonds. The van der Waals surface area contributed by atoms with Gasteiger partial charge in [-0.15, -0.1) is 0 Å². The van der Waals surface area contributed by atoms with Crippen molar-refractivity contribution in [1.29, 1.82) is 0 Å². The van der Waals surface area contributed by atoms with Crippen LogP contribution in [0.25, 0.3) is 0 Å². The van der Waals surface area contributed by atoms with Crippen LogP contribution in [0.4, 0.5) is 4.39 Å². The Hall–Kier alpha value is -2.80. The number of hydrogen-bond donors (Lipinski definition) is 1. The lowest BCUT2D eigenvalue weighted by atomic mass is 9.96. The van der Waals surface area contributed by atoms with Gasteiger partial charge in [-0.25, -0.2) is 4.39 Å². The maximum Gasteiger partial charge on any atom is 0.251 e. The van der Waals surface area contributed by atoms with Crippen molar-refractivity contribution >= 4 is 5.91 Å². The molecule has 2 aromatic carbocycles. The van der Waals surface area contributed by atoms with Crippen LogP contribution in [0.3, 0.4) is 0 Å². The number of amides is 1. The average Bonchev–Trinajstić information content (AvgIpc) is 3.10. The van der Waals surface area contributed by atoms with E-state index in [1.807, 2.05) is 0 Å². The molecule has 1 N–H and O–H groups in total. The number of rotatable bonds is 5. The summed E-state index contributed by atoms with van der Waals surface area (Å²) < 4.78 is 30.4. The van der Waals surface area contributed by atoms with Crippen molar-refractivity contribution in [2.45, 2.75) is 25.0 Å². The minimum Gasteiger partial charge on any atom is -0.490 e. The first-order chi connectivity index (χ1) is 14.6. The Balaban J connectivity index is 1.19. The highest BCUT2D eigenvalue weighted by Gasteiger charge is 2.33. The summed E-state index contributed by atoms with van der Waals surface area (Å²) >= 11 is 0. The minimum absolute atomic E-state index is 0.0846. The molecule has 2 saturated heterocycles. The van der Waals surface area contributed by atoms with Gasteiger partial charge in [0, 0.05) is 24.7 Å². The van der Waals surface area contributed by atoms with Gasteiger partial charge in [-0.3, -0.25) is 4.79 Å². The zero-order valence-electron chi connectivity index (χ0n) is 16.7. The fraction of sp³-hybridized carbons (Fsp3) is 0.435. The molecule has 0 radical (unpaired) electrons. The Morgan fingerprint density at radius 3 is 2.87 bits per heavy atom. The SMILES string of the molecule is O=C(N[C@H]1C[C@@H]2CCN(C2)C1)c1ccc2c(c1)O[C@H](COc1ccc(F)cc1)CO2. The molecule has 0 aromatic heterocycles. The molecule has 1 unspecified atom stereocenters. The summed E-state index contributed by atoms with van der Waals surface area (Å²) in [5.74, 6) is 2.03. The van der Waals surface area contributed by atoms with Crippen LogP contribution < -0.4 is 19.5 Å². The molecular weight excluding hydrogens is 387 g/mol. The van der Waals surface area contributed by atoms with Crippen molar-refractivity contribution in [3.05, 3.63) is 53.8 Å². The zero-order valence-corrected chi connectivity index (χ0v) is 16.7. The largest absolute Gasteiger partial charge is 0.490 e. The first-order valence-corrected chi connectivity index (χ1v) is 10.5. The maximum atomic E-state index is 13.0. The Bertz CT molecular complexity index is 908. The van der Waals surface area contributed by atoms with Crippen LogP contribution >= 0.6 is 0 Å². The number of carbonyl (C=O) groups is 1. The quantitative estimate of drug-likeness (QED) is 0.819. The van der Waals surface area contributed by atoms with Crippen molar-refractivity contribution in [3.8, 4) is 17.2 Å². The molecule has 158 valence electrons. The van der Waals surface area contributed by atoms with E-state index in [1.54, 1.807) is 30.3 Å². The molecule has 2 bridgehead atoms. The van der Waals surface area contributed by atoms with E-state index in [0.29, 0.717) is 35.3 Å². The van der Waals surface area contributed by atoms with E-state index in [4.69, 9.17) is 14.2 Å². The summed E-state index contributed by atoms with van der Waals surface area (Å²) in [6, 6.07) is 11.3. The van der Waals surface area contributed by atoms with Crippen LogP contribution in [-0.2, 0) is 0 Å². The molecule has 3 aliphatic heterocycles. The molecular formula is C23H25FN2O4. The molecule has 0 aliphatic carbocycles. The normalized spacial score (nSPS) is 26.8. The third-order valence-corrected chi connectivity index (χ3v) is 5.98. The number of halogens is 1. The number of hydrogen-bond acceptors (Lipinski definition) is 5. The molecule has 2 fully saturated rings. The molecule has 2 aromatic rings. The zero-order chi connectivity index (χ0) is 20.5. The third-order valence-electron chi connectivity index (χ3n) is 5.98. The highest BCUT2D eigenvalue weighted by Crippen LogP contribution is 2.33. The average molecular weight is 412 g/mol. The number of ether oxygens (including phenoxy) is 3. The molecule has 3 aliphatic rings. The summed E-state index contributed by atoms with van der Waals surface area (Å²) in [7, 11) is 0. The summed E-state index contributed by atoms with van der Waals surface area (Å²) in [4.78, 5) is 15.2. The van der Waals surface area contributed by atoms with Gasteiger partial charge >= 0.3 is 0 Å². The van der Waals surface area contributed by atoms with Crippen molar-refractivity contribution in [2.24, 2.45) is 5.92 Å². The number of nitrogens with one attached hydrogen (secondary N) is 1. The second-order valence-corrected chi connectivity index (χ2v) is 8.30. The van der Waals surface area contributed by atoms with E-state index in [1.165, 1.54) is 18.6 Å². The Morgan fingerprint density at radius 1 is 1.17 bits per heavy atom. The van der Waals surface area contributed by atoms with E-state index in [-0.39, 0.29) is 30.5 Å². The summed E-state index contributed by atoms with van der Waals surface area (Å²) in [5.41, 5.74) is 0.561. The lowest BCUT2D eigenvalue weighted by Gasteiger charge is -2.30. The molecule has 5 rings (SSSR count). The summed E-state index contributed by atoms with van der Waals surface area (Å²) in [5, 5.41) is 3.17. The van der Waals surface area contributed by atoms with Gasteiger partial charge in [-0.2, -0.15) is 0 Å². The number of benzene rings is 2. The molecule has 30 heavy (non-hydrogen) atoms. The van der Waals surface area contributed by atoms with Crippen molar-refractivity contribution in [1.82, 2.24) is 10.2 Å². The van der Waals surface area contributed by atoms with Crippen molar-refractivity contribution in [3.63, 3.8) is 0 Å². The monoisotopic (exact) mass is 412 g/mol. The van der Waals surface area contributed by atoms with Gasteiger partial charge in [-0.1, -0.05) is 0 Å². The van der Waals surface area contributed by atoms with E-state index in [2.05, 4.69) is 10.2 Å². The predicted molar refractivity (Wildman–Crippen MR) is 109 cm³/mol. The van der Waals surface area contributed by atoms with Gasteiger partial charge in [0.2, 0.25) is 0 Å². The molecule has 7 heteroatoms. The second-order valence-electron chi connectivity index (χ2n) is 8.30. The highest BCUT2D eigenvalue weighted by atomic mass is 19.1. The minimum atomic E-state index is -0.317. The molecule has 6 nitrogen and oxygen atoms in total. The Kier molecular flexibility index (Phi) is 5.21. The third kappa shape index (κ3) is 4.21. The van der Waals surface area contributed by atoms with Crippen LogP contribution in [0.5, 0.6) is 17.2 Å². The first-order valence-electron chi connectivity index (χ1n) is 10.5. The van der Waals surface area contributed by atoms with Crippen LogP contribution in [-0.4, -0.2) is 55.8 Å². The van der Waals surface area contributed by atoms with Crippen LogP contribution in [0, 0.1) is 11.7 Å². The van der Waals surface area contributed by atoms with E-state index in [9.17, 15) is 9.18 Å². The van der Waals surface area contributed by atoms with Gasteiger partial charge in [0.1, 0.15) is 24.8 Å². The van der Waals surface area contributed by atoms with Gasteiger partial charge in [-0.05, 0) is 67.8 Å². The van der Waals surface area contributed by atoms with Crippen molar-refractivity contribution in [2.75, 3.05) is 32.8 Å². The fourth-order valence-corrected chi connectivity index (χ4v) is 4.49. The summed E-state index contributed by atoms with van der Waals surface area (Å²) in [6.45, 7) is 3.84. The number of nitrogens with zero attached hydrogens (tertiary/aromatic N) is 1. The van der Waals surface area contributed by atoms with Crippen LogP contribution in [0.15, 0.2) is 42.5 Å².